The second kappa shape index (κ2) is 18.1. The summed E-state index contributed by atoms with van der Waals surface area (Å²) in [5, 5.41) is 2.21. The van der Waals surface area contributed by atoms with E-state index in [0.29, 0.717) is 11.5 Å². The van der Waals surface area contributed by atoms with Crippen LogP contribution in [0.3, 0.4) is 0 Å². The smallest absolute Gasteiger partial charge is 0.267 e. The molecular weight excluding hydrogens is 1060 g/mol. The van der Waals surface area contributed by atoms with E-state index >= 15 is 0 Å². The van der Waals surface area contributed by atoms with Crippen molar-refractivity contribution in [3.05, 3.63) is 249 Å². The van der Waals surface area contributed by atoms with Crippen LogP contribution in [0.25, 0.3) is 106 Å². The predicted octanol–water partition coefficient (Wildman–Crippen LogP) is 16.0. The molecule has 0 amide bonds. The first kappa shape index (κ1) is 44.8. The number of nitrogens with zero attached hydrogens (tertiary/aromatic N) is 4. The monoisotopic (exact) mass is 1110 g/mol. The molecule has 1 aliphatic heterocycles. The molecule has 6 heteroatoms. The van der Waals surface area contributed by atoms with Crippen molar-refractivity contribution in [3.8, 4) is 95.6 Å². The van der Waals surface area contributed by atoms with Crippen LogP contribution in [-0.2, 0) is 26.5 Å². The molecule has 4 heterocycles. The third-order valence-electron chi connectivity index (χ3n) is 13.8. The molecule has 0 N–H and O–H groups in total. The Bertz CT molecular complexity index is 3960. The van der Waals surface area contributed by atoms with E-state index in [-0.39, 0.29) is 26.5 Å². The average Bonchev–Trinajstić information content (AvgIpc) is 4.00. The average molecular weight is 1110 g/mol. The summed E-state index contributed by atoms with van der Waals surface area (Å²) in [6, 6.07) is 82.5. The zero-order valence-electron chi connectivity index (χ0n) is 39.9. The minimum atomic E-state index is -0.0379. The molecular formula is C66H46N4OPt-2. The molecule has 0 fully saturated rings. The number of imidazole rings is 1. The van der Waals surface area contributed by atoms with Gasteiger partial charge in [-0.1, -0.05) is 172 Å². The standard InChI is InChI=1S/C66H46N4O.Pt/c1-66(2,3)49-34-35-67-64(39-49)70-61-31-15-14-28-58(61)59-33-32-52(41-62(59)70)71-51-23-16-22-50(40-51)68-42-63-57-27-13-12-25-55(57)54-24-10-11-26-56(54)60-30-17-29-53(65(60)69(63)43-68)48-37-46(44-18-6-4-7-19-44)36-47(38-48)45-20-8-5-9-21-45;/h4-39,42H,1-3H3;/q-2;. The van der Waals surface area contributed by atoms with Crippen LogP contribution in [0.2, 0.25) is 0 Å². The van der Waals surface area contributed by atoms with E-state index in [1.165, 1.54) is 11.1 Å². The van der Waals surface area contributed by atoms with Gasteiger partial charge in [-0.15, -0.1) is 29.7 Å². The van der Waals surface area contributed by atoms with Gasteiger partial charge in [-0.2, -0.15) is 18.2 Å². The molecule has 9 aromatic carbocycles. The molecule has 0 spiro atoms. The van der Waals surface area contributed by atoms with Gasteiger partial charge in [0.15, 0.2) is 0 Å². The first-order valence-electron chi connectivity index (χ1n) is 24.1. The normalized spacial score (nSPS) is 11.7. The molecule has 5 nitrogen and oxygen atoms in total. The summed E-state index contributed by atoms with van der Waals surface area (Å²) in [6.45, 7) is 6.68. The van der Waals surface area contributed by atoms with E-state index in [2.05, 4.69) is 249 Å². The van der Waals surface area contributed by atoms with Gasteiger partial charge in [-0.05, 0) is 120 Å². The van der Waals surface area contributed by atoms with Crippen molar-refractivity contribution in [3.63, 3.8) is 0 Å². The van der Waals surface area contributed by atoms with Gasteiger partial charge in [0.2, 0.25) is 0 Å². The van der Waals surface area contributed by atoms with E-state index in [1.807, 2.05) is 29.0 Å². The second-order valence-electron chi connectivity index (χ2n) is 19.2. The fourth-order valence-electron chi connectivity index (χ4n) is 10.3. The zero-order valence-corrected chi connectivity index (χ0v) is 42.1. The Morgan fingerprint density at radius 2 is 1.07 bits per heavy atom. The first-order chi connectivity index (χ1) is 34.8. The number of rotatable bonds is 7. The topological polar surface area (TPSA) is 35.9 Å². The molecule has 0 saturated heterocycles. The van der Waals surface area contributed by atoms with Gasteiger partial charge in [-0.25, -0.2) is 4.98 Å². The summed E-state index contributed by atoms with van der Waals surface area (Å²) in [6.07, 6.45) is 7.92. The summed E-state index contributed by atoms with van der Waals surface area (Å²) in [4.78, 5) is 4.88. The van der Waals surface area contributed by atoms with E-state index in [1.54, 1.807) is 0 Å². The molecule has 348 valence electrons. The van der Waals surface area contributed by atoms with Crippen LogP contribution in [0, 0.1) is 18.5 Å². The number of fused-ring (bicyclic) bond motifs is 11. The maximum atomic E-state index is 6.70. The molecule has 0 saturated carbocycles. The molecule has 0 bridgehead atoms. The van der Waals surface area contributed by atoms with Crippen molar-refractivity contribution in [2.75, 3.05) is 0 Å². The number of pyridine rings is 1. The predicted molar refractivity (Wildman–Crippen MR) is 287 cm³/mol. The van der Waals surface area contributed by atoms with Gasteiger partial charge in [0.25, 0.3) is 6.33 Å². The Labute approximate surface area is 434 Å². The third kappa shape index (κ3) is 7.87. The molecule has 0 unspecified atom stereocenters. The minimum Gasteiger partial charge on any atom is -0.510 e. The van der Waals surface area contributed by atoms with Crippen LogP contribution in [0.5, 0.6) is 11.5 Å². The molecule has 0 radical (unpaired) electrons. The molecule has 12 aromatic rings. The molecule has 13 rings (SSSR count). The summed E-state index contributed by atoms with van der Waals surface area (Å²) >= 11 is 0. The maximum absolute atomic E-state index is 6.70. The van der Waals surface area contributed by atoms with Crippen molar-refractivity contribution >= 4 is 21.8 Å². The Hall–Kier alpha value is -8.37. The fraction of sp³-hybridized carbons (Fsp3) is 0.0606. The van der Waals surface area contributed by atoms with E-state index in [0.717, 1.165) is 100 Å². The molecule has 0 aliphatic carbocycles. The van der Waals surface area contributed by atoms with Gasteiger partial charge < -0.3 is 13.9 Å². The van der Waals surface area contributed by atoms with Crippen LogP contribution in [-0.4, -0.2) is 14.1 Å². The Kier molecular flexibility index (Phi) is 11.3. The largest absolute Gasteiger partial charge is 0.510 e. The quantitative estimate of drug-likeness (QED) is 0.118. The van der Waals surface area contributed by atoms with Gasteiger partial charge in [0.05, 0.1) is 11.4 Å². The zero-order chi connectivity index (χ0) is 47.6. The van der Waals surface area contributed by atoms with Crippen molar-refractivity contribution in [2.24, 2.45) is 0 Å². The van der Waals surface area contributed by atoms with Crippen LogP contribution < -0.4 is 9.30 Å². The third-order valence-corrected chi connectivity index (χ3v) is 13.8. The molecule has 0 atom stereocenters. The first-order valence-corrected chi connectivity index (χ1v) is 24.1. The Morgan fingerprint density at radius 1 is 0.486 bits per heavy atom. The summed E-state index contributed by atoms with van der Waals surface area (Å²) < 4.78 is 13.2. The van der Waals surface area contributed by atoms with Gasteiger partial charge in [0, 0.05) is 50.5 Å². The van der Waals surface area contributed by atoms with Gasteiger partial charge >= 0.3 is 0 Å². The minimum absolute atomic E-state index is 0. The molecule has 3 aromatic heterocycles. The Morgan fingerprint density at radius 3 is 1.79 bits per heavy atom. The summed E-state index contributed by atoms with van der Waals surface area (Å²) in [7, 11) is 0. The summed E-state index contributed by atoms with van der Waals surface area (Å²) in [5.41, 5.74) is 18.5. The number of hydrogen-bond donors (Lipinski definition) is 0. The van der Waals surface area contributed by atoms with Crippen molar-refractivity contribution < 1.29 is 30.4 Å². The Balaban J connectivity index is 0.00000530. The van der Waals surface area contributed by atoms with Crippen molar-refractivity contribution in [2.45, 2.75) is 26.2 Å². The number of aromatic nitrogens is 4. The van der Waals surface area contributed by atoms with Crippen LogP contribution in [0.1, 0.15) is 26.3 Å². The van der Waals surface area contributed by atoms with E-state index < -0.39 is 0 Å². The van der Waals surface area contributed by atoms with Crippen molar-refractivity contribution in [1.29, 1.82) is 0 Å². The molecule has 72 heavy (non-hydrogen) atoms. The summed E-state index contributed by atoms with van der Waals surface area (Å²) in [5.74, 6) is 1.99. The SMILES string of the molecule is CC(C)(C)c1ccnc(-n2c3[c-]c(Oc4[c-]c(-n5[c-][n+]6c(c5)-c5ccccc5-c5ccccc5-c5cccc(-c7cc(-c8ccccc8)cc(-c8ccccc8)c7)c5-6)ccc4)ccc3c3ccccc32)c1.[Pt]. The van der Waals surface area contributed by atoms with Crippen LogP contribution in [0.15, 0.2) is 225 Å². The van der Waals surface area contributed by atoms with Crippen LogP contribution >= 0.6 is 0 Å². The number of para-hydroxylation sites is 2. The fourth-order valence-corrected chi connectivity index (χ4v) is 10.3. The second-order valence-corrected chi connectivity index (χ2v) is 19.2. The van der Waals surface area contributed by atoms with Gasteiger partial charge in [0.1, 0.15) is 5.82 Å². The number of ether oxygens (including phenoxy) is 1. The van der Waals surface area contributed by atoms with E-state index in [4.69, 9.17) is 9.72 Å². The van der Waals surface area contributed by atoms with Gasteiger partial charge in [-0.3, -0.25) is 4.57 Å². The number of hydrogen-bond acceptors (Lipinski definition) is 2. The molecule has 1 aliphatic rings. The van der Waals surface area contributed by atoms with Crippen LogP contribution in [0.4, 0.5) is 0 Å². The van der Waals surface area contributed by atoms with E-state index in [9.17, 15) is 0 Å². The number of benzene rings is 9. The maximum Gasteiger partial charge on any atom is 0.267 e. The van der Waals surface area contributed by atoms with Crippen molar-refractivity contribution in [1.82, 2.24) is 14.1 Å².